The van der Waals surface area contributed by atoms with Gasteiger partial charge in [0, 0.05) is 6.42 Å². The van der Waals surface area contributed by atoms with E-state index in [4.69, 9.17) is 38.0 Å². The lowest BCUT2D eigenvalue weighted by Crippen LogP contribution is -2.11. The van der Waals surface area contributed by atoms with E-state index in [2.05, 4.69) is 0 Å². The van der Waals surface area contributed by atoms with Crippen molar-refractivity contribution in [3.8, 4) is 0 Å². The highest BCUT2D eigenvalue weighted by Crippen LogP contribution is 2.26. The van der Waals surface area contributed by atoms with Crippen LogP contribution in [-0.2, 0) is 9.53 Å². The van der Waals surface area contributed by atoms with Crippen molar-refractivity contribution in [2.45, 2.75) is 25.8 Å². The molecule has 0 spiro atoms. The largest absolute Gasteiger partial charge is 0.466 e. The monoisotopic (exact) mass is 248 g/mol. The molecule has 0 aromatic carbocycles. The number of ether oxygens (including phenoxy) is 1. The van der Waals surface area contributed by atoms with Gasteiger partial charge in [-0.1, -0.05) is 6.92 Å². The van der Waals surface area contributed by atoms with Crippen molar-refractivity contribution in [3.05, 3.63) is 0 Å². The lowest BCUT2D eigenvalue weighted by atomic mass is 10.5. The summed E-state index contributed by atoms with van der Waals surface area (Å²) >= 11 is 16.8. The number of hydrogen-bond acceptors (Lipinski definition) is 2. The van der Waals surface area contributed by atoms with Gasteiger partial charge in [-0.2, -0.15) is 0 Å². The summed E-state index contributed by atoms with van der Waals surface area (Å²) in [5.41, 5.74) is 0. The Balaban J connectivity index is 3.28. The lowest BCUT2D eigenvalue weighted by molar-refractivity contribution is -0.143. The van der Waals surface area contributed by atoms with Crippen LogP contribution in [0.1, 0.15) is 19.8 Å². The number of carbonyl (C=O) groups is 1. The minimum absolute atomic E-state index is 0.207. The molecule has 0 saturated heterocycles. The summed E-state index contributed by atoms with van der Waals surface area (Å²) in [4.78, 5) is 10.6. The van der Waals surface area contributed by atoms with Crippen LogP contribution in [0.25, 0.3) is 0 Å². The van der Waals surface area contributed by atoms with E-state index in [1.807, 2.05) is 0 Å². The molecule has 0 radical (unpaired) electrons. The van der Waals surface area contributed by atoms with Crippen molar-refractivity contribution in [1.29, 1.82) is 0 Å². The Morgan fingerprint density at radius 3 is 2.42 bits per heavy atom. The number of carbonyl (C=O) groups excluding carboxylic acids is 1. The van der Waals surface area contributed by atoms with E-state index < -0.39 is 6.00 Å². The highest BCUT2D eigenvalue weighted by Gasteiger charge is 2.23. The summed E-state index contributed by atoms with van der Waals surface area (Å²) in [6.45, 7) is 2.10. The van der Waals surface area contributed by atoms with Crippen LogP contribution in [0.5, 0.6) is 0 Å². The molecule has 12 heavy (non-hydrogen) atoms. The molecule has 72 valence electrons. The first-order valence-electron chi connectivity index (χ1n) is 3.68. The van der Waals surface area contributed by atoms with Crippen molar-refractivity contribution in [3.63, 3.8) is 0 Å². The lowest BCUT2D eigenvalue weighted by Gasteiger charge is -2.07. The van der Waals surface area contributed by atoms with E-state index in [1.54, 1.807) is 6.92 Å². The van der Waals surface area contributed by atoms with E-state index in [-0.39, 0.29) is 5.97 Å². The van der Waals surface area contributed by atoms with Gasteiger partial charge < -0.3 is 4.74 Å². The maximum absolute atomic E-state index is 10.6. The van der Waals surface area contributed by atoms with Crippen molar-refractivity contribution >= 4 is 45.2 Å². The molecule has 0 aromatic rings. The summed E-state index contributed by atoms with van der Waals surface area (Å²) in [5, 5.41) is 0. The van der Waals surface area contributed by atoms with Crippen LogP contribution in [0.4, 0.5) is 0 Å². The standard InChI is InChI=1S/C6H11Cl3O2Si/c1-2-6(10)11-4-3-5-12(7,8)9/h2-5H2,1H3. The van der Waals surface area contributed by atoms with Gasteiger partial charge in [-0.05, 0) is 12.5 Å². The maximum Gasteiger partial charge on any atom is 0.341 e. The zero-order chi connectivity index (χ0) is 9.61. The second-order valence-electron chi connectivity index (χ2n) is 2.29. The van der Waals surface area contributed by atoms with Gasteiger partial charge in [0.15, 0.2) is 0 Å². The highest BCUT2D eigenvalue weighted by atomic mass is 35.8. The molecule has 0 aliphatic carbocycles. The summed E-state index contributed by atoms with van der Waals surface area (Å²) in [7, 11) is 0. The zero-order valence-corrected chi connectivity index (χ0v) is 10.0. The van der Waals surface area contributed by atoms with Crippen molar-refractivity contribution < 1.29 is 9.53 Å². The van der Waals surface area contributed by atoms with Gasteiger partial charge in [0.2, 0.25) is 0 Å². The average molecular weight is 250 g/mol. The smallest absolute Gasteiger partial charge is 0.341 e. The second-order valence-corrected chi connectivity index (χ2v) is 11.6. The maximum atomic E-state index is 10.6. The van der Waals surface area contributed by atoms with Gasteiger partial charge in [0.25, 0.3) is 0 Å². The van der Waals surface area contributed by atoms with Crippen LogP contribution in [0.3, 0.4) is 0 Å². The fourth-order valence-corrected chi connectivity index (χ4v) is 2.31. The molecule has 0 bridgehead atoms. The molecule has 0 aromatic heterocycles. The minimum Gasteiger partial charge on any atom is -0.466 e. The van der Waals surface area contributed by atoms with Crippen molar-refractivity contribution in [1.82, 2.24) is 0 Å². The van der Waals surface area contributed by atoms with Gasteiger partial charge in [-0.25, -0.2) is 0 Å². The van der Waals surface area contributed by atoms with Crippen LogP contribution >= 0.6 is 33.2 Å². The molecule has 0 fully saturated rings. The van der Waals surface area contributed by atoms with E-state index in [0.29, 0.717) is 25.5 Å². The van der Waals surface area contributed by atoms with Gasteiger partial charge >= 0.3 is 12.0 Å². The Bertz CT molecular complexity index is 146. The molecule has 0 rings (SSSR count). The van der Waals surface area contributed by atoms with Gasteiger partial charge in [0.05, 0.1) is 6.61 Å². The number of halogens is 3. The van der Waals surface area contributed by atoms with Crippen LogP contribution in [0, 0.1) is 0 Å². The molecule has 0 saturated carbocycles. The van der Waals surface area contributed by atoms with E-state index >= 15 is 0 Å². The first-order valence-corrected chi connectivity index (χ1v) is 8.92. The van der Waals surface area contributed by atoms with Crippen LogP contribution < -0.4 is 0 Å². The predicted octanol–water partition coefficient (Wildman–Crippen LogP) is 2.99. The van der Waals surface area contributed by atoms with Gasteiger partial charge in [0.1, 0.15) is 0 Å². The van der Waals surface area contributed by atoms with E-state index in [0.717, 1.165) is 0 Å². The Morgan fingerprint density at radius 2 is 2.00 bits per heavy atom. The normalized spacial score (nSPS) is 11.3. The second kappa shape index (κ2) is 6.08. The fourth-order valence-electron chi connectivity index (χ4n) is 0.561. The third-order valence-electron chi connectivity index (χ3n) is 1.16. The summed E-state index contributed by atoms with van der Waals surface area (Å²) in [6.07, 6.45) is 1.03. The van der Waals surface area contributed by atoms with Gasteiger partial charge in [-0.15, -0.1) is 33.2 Å². The van der Waals surface area contributed by atoms with Crippen molar-refractivity contribution in [2.75, 3.05) is 6.61 Å². The molecular weight excluding hydrogens is 239 g/mol. The van der Waals surface area contributed by atoms with Crippen LogP contribution in [-0.4, -0.2) is 18.6 Å². The molecule has 0 aliphatic rings. The Labute approximate surface area is 87.2 Å². The van der Waals surface area contributed by atoms with Gasteiger partial charge in [-0.3, -0.25) is 4.79 Å². The SMILES string of the molecule is CCC(=O)OCCC[Si](Cl)(Cl)Cl. The first kappa shape index (κ1) is 12.6. The molecular formula is C6H11Cl3O2Si. The predicted molar refractivity (Wildman–Crippen MR) is 54.0 cm³/mol. The zero-order valence-electron chi connectivity index (χ0n) is 6.78. The third kappa shape index (κ3) is 8.65. The summed E-state index contributed by atoms with van der Waals surface area (Å²) in [6, 6.07) is -1.98. The first-order chi connectivity index (χ1) is 5.45. The Morgan fingerprint density at radius 1 is 1.42 bits per heavy atom. The molecule has 0 N–H and O–H groups in total. The molecule has 0 unspecified atom stereocenters. The van der Waals surface area contributed by atoms with E-state index in [1.165, 1.54) is 0 Å². The average Bonchev–Trinajstić information content (AvgIpc) is 1.96. The molecule has 0 amide bonds. The summed E-state index contributed by atoms with van der Waals surface area (Å²) < 4.78 is 4.79. The number of rotatable bonds is 5. The molecule has 2 nitrogen and oxygen atoms in total. The molecule has 0 heterocycles. The topological polar surface area (TPSA) is 26.3 Å². The quantitative estimate of drug-likeness (QED) is 0.324. The number of hydrogen-bond donors (Lipinski definition) is 0. The Kier molecular flexibility index (Phi) is 6.36. The van der Waals surface area contributed by atoms with Crippen LogP contribution in [0.2, 0.25) is 6.04 Å². The van der Waals surface area contributed by atoms with Crippen molar-refractivity contribution in [2.24, 2.45) is 0 Å². The van der Waals surface area contributed by atoms with Crippen LogP contribution in [0.15, 0.2) is 0 Å². The molecule has 0 aliphatic heterocycles. The minimum atomic E-state index is -2.51. The third-order valence-corrected chi connectivity index (χ3v) is 3.78. The van der Waals surface area contributed by atoms with E-state index in [9.17, 15) is 4.79 Å². The fraction of sp³-hybridized carbons (Fsp3) is 0.833. The summed E-state index contributed by atoms with van der Waals surface area (Å²) in [5.74, 6) is -0.207. The molecule has 0 atom stereocenters. The molecule has 6 heteroatoms. The Hall–Kier alpha value is 0.557. The highest BCUT2D eigenvalue weighted by molar-refractivity contribution is 7.64. The number of esters is 1.